The highest BCUT2D eigenvalue weighted by Gasteiger charge is 2.40. The Hall–Kier alpha value is -1.60. The molecule has 0 saturated carbocycles. The molecule has 0 aliphatic carbocycles. The van der Waals surface area contributed by atoms with Crippen LogP contribution >= 0.6 is 0 Å². The molecule has 1 atom stereocenters. The standard InChI is InChI=1S/C13H18N2O4S/c1-2-19-13(16)12-4-3-9-15(12)20(17,18)11-7-5-10(14)6-8-11/h5-8,12H,2-4,9,14H2,1H3. The molecule has 0 aromatic heterocycles. The Morgan fingerprint density at radius 1 is 1.40 bits per heavy atom. The number of hydrogen-bond acceptors (Lipinski definition) is 5. The number of anilines is 1. The number of ether oxygens (including phenoxy) is 1. The number of nitrogen functional groups attached to an aromatic ring is 1. The number of nitrogens with zero attached hydrogens (tertiary/aromatic N) is 1. The summed E-state index contributed by atoms with van der Waals surface area (Å²) < 4.78 is 31.2. The largest absolute Gasteiger partial charge is 0.465 e. The predicted molar refractivity (Wildman–Crippen MR) is 74.4 cm³/mol. The normalized spacial score (nSPS) is 19.9. The van der Waals surface area contributed by atoms with E-state index >= 15 is 0 Å². The monoisotopic (exact) mass is 298 g/mol. The van der Waals surface area contributed by atoms with Crippen molar-refractivity contribution in [3.63, 3.8) is 0 Å². The predicted octanol–water partition coefficient (Wildman–Crippen LogP) is 0.985. The number of sulfonamides is 1. The summed E-state index contributed by atoms with van der Waals surface area (Å²) in [4.78, 5) is 12.0. The minimum Gasteiger partial charge on any atom is -0.465 e. The fourth-order valence-electron chi connectivity index (χ4n) is 2.28. The number of carbonyl (C=O) groups excluding carboxylic acids is 1. The van der Waals surface area contributed by atoms with Crippen LogP contribution in [0.1, 0.15) is 19.8 Å². The first kappa shape index (κ1) is 14.8. The van der Waals surface area contributed by atoms with Gasteiger partial charge in [0.15, 0.2) is 0 Å². The first-order valence-electron chi connectivity index (χ1n) is 6.51. The van der Waals surface area contributed by atoms with Crippen LogP contribution in [0.3, 0.4) is 0 Å². The summed E-state index contributed by atoms with van der Waals surface area (Å²) in [7, 11) is -3.69. The van der Waals surface area contributed by atoms with E-state index in [1.807, 2.05) is 0 Å². The molecule has 1 saturated heterocycles. The lowest BCUT2D eigenvalue weighted by Gasteiger charge is -2.22. The molecule has 1 unspecified atom stereocenters. The van der Waals surface area contributed by atoms with Gasteiger partial charge < -0.3 is 10.5 Å². The molecule has 0 bridgehead atoms. The van der Waals surface area contributed by atoms with E-state index in [1.54, 1.807) is 6.92 Å². The maximum atomic E-state index is 12.5. The van der Waals surface area contributed by atoms with E-state index in [0.29, 0.717) is 25.1 Å². The maximum Gasteiger partial charge on any atom is 0.324 e. The second-order valence-electron chi connectivity index (χ2n) is 4.59. The average molecular weight is 298 g/mol. The zero-order valence-corrected chi connectivity index (χ0v) is 12.1. The van der Waals surface area contributed by atoms with Crippen LogP contribution in [0.15, 0.2) is 29.2 Å². The van der Waals surface area contributed by atoms with Gasteiger partial charge in [-0.2, -0.15) is 4.31 Å². The summed E-state index contributed by atoms with van der Waals surface area (Å²) in [6.45, 7) is 2.27. The molecular weight excluding hydrogens is 280 g/mol. The minimum atomic E-state index is -3.69. The van der Waals surface area contributed by atoms with Crippen molar-refractivity contribution in [2.75, 3.05) is 18.9 Å². The molecule has 1 aromatic rings. The summed E-state index contributed by atoms with van der Waals surface area (Å²) in [5.41, 5.74) is 6.05. The van der Waals surface area contributed by atoms with Crippen molar-refractivity contribution in [3.05, 3.63) is 24.3 Å². The maximum absolute atomic E-state index is 12.5. The van der Waals surface area contributed by atoms with Crippen molar-refractivity contribution in [1.29, 1.82) is 0 Å². The Morgan fingerprint density at radius 2 is 2.05 bits per heavy atom. The first-order valence-corrected chi connectivity index (χ1v) is 7.95. The third-order valence-corrected chi connectivity index (χ3v) is 5.17. The van der Waals surface area contributed by atoms with Gasteiger partial charge in [0.1, 0.15) is 6.04 Å². The SMILES string of the molecule is CCOC(=O)C1CCCN1S(=O)(=O)c1ccc(N)cc1. The Kier molecular flexibility index (Phi) is 4.29. The fraction of sp³-hybridized carbons (Fsp3) is 0.462. The molecule has 110 valence electrons. The molecular formula is C13H18N2O4S. The van der Waals surface area contributed by atoms with Crippen molar-refractivity contribution in [1.82, 2.24) is 4.31 Å². The van der Waals surface area contributed by atoms with Crippen LogP contribution in [0.4, 0.5) is 5.69 Å². The Morgan fingerprint density at radius 3 is 2.65 bits per heavy atom. The van der Waals surface area contributed by atoms with Crippen molar-refractivity contribution in [3.8, 4) is 0 Å². The van der Waals surface area contributed by atoms with E-state index in [0.717, 1.165) is 0 Å². The first-order chi connectivity index (χ1) is 9.46. The second-order valence-corrected chi connectivity index (χ2v) is 6.49. The number of rotatable bonds is 4. The molecule has 0 amide bonds. The molecule has 2 N–H and O–H groups in total. The summed E-state index contributed by atoms with van der Waals surface area (Å²) in [6.07, 6.45) is 1.14. The van der Waals surface area contributed by atoms with Crippen LogP contribution in [0.5, 0.6) is 0 Å². The molecule has 20 heavy (non-hydrogen) atoms. The van der Waals surface area contributed by atoms with Crippen LogP contribution in [-0.4, -0.2) is 37.9 Å². The summed E-state index contributed by atoms with van der Waals surface area (Å²) in [5.74, 6) is -0.482. The van der Waals surface area contributed by atoms with Gasteiger partial charge in [-0.05, 0) is 44.0 Å². The molecule has 0 spiro atoms. The quantitative estimate of drug-likeness (QED) is 0.661. The van der Waals surface area contributed by atoms with Gasteiger partial charge in [-0.3, -0.25) is 4.79 Å². The van der Waals surface area contributed by atoms with E-state index in [1.165, 1.54) is 28.6 Å². The lowest BCUT2D eigenvalue weighted by molar-refractivity contribution is -0.146. The number of carbonyl (C=O) groups is 1. The fourth-order valence-corrected chi connectivity index (χ4v) is 3.92. The molecule has 1 aromatic carbocycles. The molecule has 6 nitrogen and oxygen atoms in total. The van der Waals surface area contributed by atoms with Crippen molar-refractivity contribution in [2.45, 2.75) is 30.7 Å². The van der Waals surface area contributed by atoms with E-state index in [2.05, 4.69) is 0 Å². The van der Waals surface area contributed by atoms with Crippen molar-refractivity contribution >= 4 is 21.7 Å². The van der Waals surface area contributed by atoms with E-state index in [-0.39, 0.29) is 11.5 Å². The van der Waals surface area contributed by atoms with Crippen LogP contribution in [0.25, 0.3) is 0 Å². The zero-order valence-electron chi connectivity index (χ0n) is 11.3. The van der Waals surface area contributed by atoms with Gasteiger partial charge in [0.05, 0.1) is 11.5 Å². The average Bonchev–Trinajstić information content (AvgIpc) is 2.89. The highest BCUT2D eigenvalue weighted by molar-refractivity contribution is 7.89. The Labute approximate surface area is 118 Å². The smallest absolute Gasteiger partial charge is 0.324 e. The number of benzene rings is 1. The Balaban J connectivity index is 2.28. The van der Waals surface area contributed by atoms with Gasteiger partial charge in [-0.25, -0.2) is 8.42 Å². The van der Waals surface area contributed by atoms with Gasteiger partial charge >= 0.3 is 5.97 Å². The third kappa shape index (κ3) is 2.78. The van der Waals surface area contributed by atoms with Gasteiger partial charge in [0.25, 0.3) is 0 Å². The lowest BCUT2D eigenvalue weighted by Crippen LogP contribution is -2.41. The van der Waals surface area contributed by atoms with Gasteiger partial charge in [0, 0.05) is 12.2 Å². The van der Waals surface area contributed by atoms with Crippen LogP contribution in [-0.2, 0) is 19.6 Å². The molecule has 2 rings (SSSR count). The van der Waals surface area contributed by atoms with Crippen molar-refractivity contribution in [2.24, 2.45) is 0 Å². The molecule has 7 heteroatoms. The number of hydrogen-bond donors (Lipinski definition) is 1. The molecule has 1 heterocycles. The number of nitrogens with two attached hydrogens (primary N) is 1. The summed E-state index contributed by atoms with van der Waals surface area (Å²) in [5, 5.41) is 0. The third-order valence-electron chi connectivity index (χ3n) is 3.25. The molecule has 1 aliphatic heterocycles. The zero-order chi connectivity index (χ0) is 14.8. The minimum absolute atomic E-state index is 0.142. The van der Waals surface area contributed by atoms with E-state index in [4.69, 9.17) is 10.5 Å². The summed E-state index contributed by atoms with van der Waals surface area (Å²) in [6, 6.07) is 5.23. The van der Waals surface area contributed by atoms with Crippen molar-refractivity contribution < 1.29 is 17.9 Å². The van der Waals surface area contributed by atoms with Crippen LogP contribution in [0.2, 0.25) is 0 Å². The molecule has 0 radical (unpaired) electrons. The van der Waals surface area contributed by atoms with E-state index < -0.39 is 22.0 Å². The number of esters is 1. The van der Waals surface area contributed by atoms with E-state index in [9.17, 15) is 13.2 Å². The van der Waals surface area contributed by atoms with Gasteiger partial charge in [-0.1, -0.05) is 0 Å². The van der Waals surface area contributed by atoms with Gasteiger partial charge in [-0.15, -0.1) is 0 Å². The summed E-state index contributed by atoms with van der Waals surface area (Å²) >= 11 is 0. The topological polar surface area (TPSA) is 89.7 Å². The highest BCUT2D eigenvalue weighted by atomic mass is 32.2. The Bertz CT molecular complexity index is 583. The molecule has 1 fully saturated rings. The van der Waals surface area contributed by atoms with Gasteiger partial charge in [0.2, 0.25) is 10.0 Å². The van der Waals surface area contributed by atoms with Crippen LogP contribution in [0, 0.1) is 0 Å². The lowest BCUT2D eigenvalue weighted by atomic mass is 10.2. The highest BCUT2D eigenvalue weighted by Crippen LogP contribution is 2.27. The second kappa shape index (κ2) is 5.80. The molecule has 1 aliphatic rings. The van der Waals surface area contributed by atoms with Crippen LogP contribution < -0.4 is 5.73 Å².